The molecule has 0 spiro atoms. The molecule has 1 heterocycles. The summed E-state index contributed by atoms with van der Waals surface area (Å²) in [7, 11) is 0. The molecule has 16 nitrogen and oxygen atoms in total. The van der Waals surface area contributed by atoms with Crippen LogP contribution in [0.3, 0.4) is 0 Å². The summed E-state index contributed by atoms with van der Waals surface area (Å²) in [5.41, 5.74) is 8.61. The fourth-order valence-electron chi connectivity index (χ4n) is 1.39. The van der Waals surface area contributed by atoms with Gasteiger partial charge in [0.25, 0.3) is 0 Å². The molecule has 0 atom stereocenters. The van der Waals surface area contributed by atoms with Crippen molar-refractivity contribution in [2.24, 2.45) is 0 Å². The molecule has 0 aromatic carbocycles. The molecule has 0 aliphatic heterocycles. The van der Waals surface area contributed by atoms with Gasteiger partial charge in [-0.25, -0.2) is 29.1 Å². The number of nitrogens with one attached hydrogen (secondary N) is 2. The van der Waals surface area contributed by atoms with Crippen molar-refractivity contribution in [3.63, 3.8) is 0 Å². The first-order valence-electron chi connectivity index (χ1n) is 8.99. The molecule has 0 bridgehead atoms. The number of rotatable bonds is 8. The molecule has 34 heavy (non-hydrogen) atoms. The third kappa shape index (κ3) is 21.4. The van der Waals surface area contributed by atoms with Crippen molar-refractivity contribution in [3.8, 4) is 0 Å². The molecular weight excluding hydrogens is 542 g/mol. The van der Waals surface area contributed by atoms with Crippen molar-refractivity contribution in [1.82, 2.24) is 9.97 Å². The SMILES string of the molecule is CCCC[NH-].CCCC[NH-].O=C(O)c1nc(C(=O)O)c(C(=O)O)nc1C(=O)O.[O]=[V][OH].[O]=[V][OH]. The van der Waals surface area contributed by atoms with Crippen LogP contribution in [0.15, 0.2) is 0 Å². The molecule has 1 rings (SSSR count). The summed E-state index contributed by atoms with van der Waals surface area (Å²) in [6.45, 7) is 5.37. The van der Waals surface area contributed by atoms with Gasteiger partial charge in [0.05, 0.1) is 0 Å². The van der Waals surface area contributed by atoms with Gasteiger partial charge in [0.1, 0.15) is 0 Å². The zero-order valence-corrected chi connectivity index (χ0v) is 21.0. The molecule has 0 radical (unpaired) electrons. The summed E-state index contributed by atoms with van der Waals surface area (Å²) >= 11 is -3.12. The average Bonchev–Trinajstić information content (AvgIpc) is 2.75. The van der Waals surface area contributed by atoms with E-state index in [1.54, 1.807) is 0 Å². The molecule has 0 aliphatic rings. The summed E-state index contributed by atoms with van der Waals surface area (Å²) in [6, 6.07) is 0. The number of carboxylic acids is 4. The molecule has 0 aliphatic carbocycles. The van der Waals surface area contributed by atoms with Gasteiger partial charge in [0, 0.05) is 0 Å². The van der Waals surface area contributed by atoms with Crippen LogP contribution in [0.5, 0.6) is 0 Å². The summed E-state index contributed by atoms with van der Waals surface area (Å²) in [6.07, 6.45) is 4.42. The first kappa shape index (κ1) is 38.8. The Kier molecular flexibility index (Phi) is 30.6. The summed E-state index contributed by atoms with van der Waals surface area (Å²) < 4.78 is 31.4. The van der Waals surface area contributed by atoms with Gasteiger partial charge in [0.15, 0.2) is 22.8 Å². The first-order valence-corrected chi connectivity index (χ1v) is 11.4. The van der Waals surface area contributed by atoms with Crippen LogP contribution in [0.4, 0.5) is 0 Å². The molecule has 0 amide bonds. The van der Waals surface area contributed by atoms with Gasteiger partial charge in [-0.3, -0.25) is 0 Å². The van der Waals surface area contributed by atoms with E-state index in [0.29, 0.717) is 13.1 Å². The van der Waals surface area contributed by atoms with Crippen LogP contribution in [0.1, 0.15) is 81.5 Å². The van der Waals surface area contributed by atoms with Crippen LogP contribution in [-0.4, -0.2) is 75.4 Å². The van der Waals surface area contributed by atoms with E-state index in [1.807, 2.05) is 0 Å². The zero-order valence-electron chi connectivity index (χ0n) is 18.2. The Balaban J connectivity index is -0.000000229. The van der Waals surface area contributed by atoms with Crippen LogP contribution < -0.4 is 0 Å². The van der Waals surface area contributed by atoms with Gasteiger partial charge in [-0.15, -0.1) is 0 Å². The maximum absolute atomic E-state index is 10.7. The molecule has 0 saturated carbocycles. The van der Waals surface area contributed by atoms with Crippen molar-refractivity contribution in [2.75, 3.05) is 13.1 Å². The molecule has 1 aromatic heterocycles. The van der Waals surface area contributed by atoms with E-state index in [9.17, 15) is 19.2 Å². The van der Waals surface area contributed by atoms with Crippen molar-refractivity contribution in [2.45, 2.75) is 39.5 Å². The summed E-state index contributed by atoms with van der Waals surface area (Å²) in [5, 5.41) is 34.6. The molecule has 18 heteroatoms. The third-order valence-electron chi connectivity index (χ3n) is 2.77. The van der Waals surface area contributed by atoms with Crippen molar-refractivity contribution in [3.05, 3.63) is 34.2 Å². The quantitative estimate of drug-likeness (QED) is 0.259. The third-order valence-corrected chi connectivity index (χ3v) is 2.77. The summed E-state index contributed by atoms with van der Waals surface area (Å²) in [4.78, 5) is 48.7. The average molecular weight is 568 g/mol. The molecule has 194 valence electrons. The predicted molar refractivity (Wildman–Crippen MR) is 104 cm³/mol. The monoisotopic (exact) mass is 568 g/mol. The number of carboxylic acid groups (broad SMARTS) is 4. The molecule has 8 N–H and O–H groups in total. The fraction of sp³-hybridized carbons (Fsp3) is 0.500. The molecule has 1 aromatic rings. The molecule has 0 unspecified atom stereocenters. The number of unbranched alkanes of at least 4 members (excludes halogenated alkanes) is 2. The number of carbonyl (C=O) groups is 4. The van der Waals surface area contributed by atoms with E-state index in [1.165, 1.54) is 0 Å². The van der Waals surface area contributed by atoms with Gasteiger partial charge in [-0.2, -0.15) is 13.1 Å². The zero-order chi connectivity index (χ0) is 27.7. The number of hydrogen-bond donors (Lipinski definition) is 6. The molecule has 0 saturated heterocycles. The standard InChI is InChI=1S/C8H4N2O8.2C4H10N.2H2O.2O.2V/c11-5(12)1-2(6(13)14)10-4(8(17)18)3(9-1)7(15)16;2*1-2-3-4-5;;;;;;/h(H,11,12)(H,13,14)(H,15,16)(H,17,18);2*5H,2-4H2,1H3;2*1H2;;;;/q;2*-1;;;;;2*+1/p-2. The number of hydrogen-bond acceptors (Lipinski definition) is 8. The van der Waals surface area contributed by atoms with E-state index < -0.39 is 79.8 Å². The Hall–Kier alpha value is -2.43. The Morgan fingerprint density at radius 3 is 0.882 bits per heavy atom. The van der Waals surface area contributed by atoms with E-state index in [4.69, 9.17) is 47.3 Å². The number of aromatic nitrogens is 2. The first-order chi connectivity index (χ1) is 15.9. The van der Waals surface area contributed by atoms with Gasteiger partial charge >= 0.3 is 72.5 Å². The van der Waals surface area contributed by atoms with E-state index in [0.717, 1.165) is 25.7 Å². The topological polar surface area (TPSA) is 297 Å². The second-order valence-electron chi connectivity index (χ2n) is 5.21. The van der Waals surface area contributed by atoms with Gasteiger partial charge in [-0.05, 0) is 0 Å². The fourth-order valence-corrected chi connectivity index (χ4v) is 1.39. The second kappa shape index (κ2) is 26.8. The van der Waals surface area contributed by atoms with Crippen LogP contribution in [0, 0.1) is 0 Å². The molecular formula is C16H26N4O12V2-2. The minimum atomic E-state index is -1.83. The predicted octanol–water partition coefficient (Wildman–Crippen LogP) is 1.59. The van der Waals surface area contributed by atoms with E-state index >= 15 is 0 Å². The molecule has 0 fully saturated rings. The van der Waals surface area contributed by atoms with Gasteiger partial charge in [-0.1, -0.05) is 39.5 Å². The number of aromatic carboxylic acids is 4. The van der Waals surface area contributed by atoms with Crippen molar-refractivity contribution >= 4 is 23.9 Å². The van der Waals surface area contributed by atoms with Gasteiger partial charge in [0.2, 0.25) is 0 Å². The number of nitrogens with zero attached hydrogens (tertiary/aromatic N) is 2. The Morgan fingerprint density at radius 2 is 0.824 bits per heavy atom. The van der Waals surface area contributed by atoms with Crippen LogP contribution >= 0.6 is 0 Å². The van der Waals surface area contributed by atoms with Crippen molar-refractivity contribution < 1.29 is 88.2 Å². The van der Waals surface area contributed by atoms with E-state index in [-0.39, 0.29) is 0 Å². The maximum atomic E-state index is 10.7. The minimum absolute atomic E-state index is 0.594. The normalized spacial score (nSPS) is 8.41. The van der Waals surface area contributed by atoms with Crippen molar-refractivity contribution in [1.29, 1.82) is 0 Å². The van der Waals surface area contributed by atoms with Crippen LogP contribution in [0.2, 0.25) is 0 Å². The second-order valence-corrected chi connectivity index (χ2v) is 5.72. The Morgan fingerprint density at radius 1 is 0.647 bits per heavy atom. The summed E-state index contributed by atoms with van der Waals surface area (Å²) in [5.74, 6) is -7.34. The van der Waals surface area contributed by atoms with Gasteiger partial charge < -0.3 is 31.9 Å². The van der Waals surface area contributed by atoms with E-state index in [2.05, 4.69) is 23.8 Å². The van der Waals surface area contributed by atoms with Crippen LogP contribution in [-0.2, 0) is 40.5 Å². The van der Waals surface area contributed by atoms with Crippen LogP contribution in [0.25, 0.3) is 11.5 Å². The Bertz CT molecular complexity index is 666. The Labute approximate surface area is 208 Å².